The summed E-state index contributed by atoms with van der Waals surface area (Å²) in [6.45, 7) is 7.65. The number of aryl methyl sites for hydroxylation is 2. The Morgan fingerprint density at radius 2 is 1.75 bits per heavy atom. The Balaban J connectivity index is 2.01. The zero-order valence-corrected chi connectivity index (χ0v) is 13.5. The van der Waals surface area contributed by atoms with Gasteiger partial charge in [-0.1, -0.05) is 49.1 Å². The topological polar surface area (TPSA) is 29.3 Å². The lowest BCUT2D eigenvalue weighted by Gasteiger charge is -2.37. The fourth-order valence-corrected chi connectivity index (χ4v) is 3.73. The van der Waals surface area contributed by atoms with Gasteiger partial charge in [-0.2, -0.15) is 0 Å². The maximum absolute atomic E-state index is 6.44. The van der Waals surface area contributed by atoms with Gasteiger partial charge in [0.25, 0.3) is 0 Å². The van der Waals surface area contributed by atoms with Gasteiger partial charge in [-0.3, -0.25) is 0 Å². The Morgan fingerprint density at radius 1 is 1.15 bits per heavy atom. The highest BCUT2D eigenvalue weighted by Gasteiger charge is 2.26. The molecule has 0 radical (unpaired) electrons. The molecule has 0 heterocycles. The average molecular weight is 274 g/mol. The summed E-state index contributed by atoms with van der Waals surface area (Å²) in [6, 6.07) is 7.50. The molecule has 1 fully saturated rings. The fraction of sp³-hybridized carbons (Fsp3) is 0.667. The molecule has 1 saturated carbocycles. The van der Waals surface area contributed by atoms with E-state index in [4.69, 9.17) is 5.73 Å². The highest BCUT2D eigenvalue weighted by molar-refractivity contribution is 5.30. The van der Waals surface area contributed by atoms with Gasteiger partial charge in [0.2, 0.25) is 0 Å². The van der Waals surface area contributed by atoms with Crippen molar-refractivity contribution in [2.75, 3.05) is 13.6 Å². The van der Waals surface area contributed by atoms with Crippen molar-refractivity contribution in [1.82, 2.24) is 4.90 Å². The van der Waals surface area contributed by atoms with Crippen LogP contribution in [-0.2, 0) is 0 Å². The number of rotatable bonds is 4. The molecule has 3 unspecified atom stereocenters. The smallest absolute Gasteiger partial charge is 0.0424 e. The molecule has 1 aromatic carbocycles. The van der Waals surface area contributed by atoms with Gasteiger partial charge in [-0.25, -0.2) is 0 Å². The van der Waals surface area contributed by atoms with Crippen LogP contribution in [0, 0.1) is 19.8 Å². The summed E-state index contributed by atoms with van der Waals surface area (Å²) >= 11 is 0. The lowest BCUT2D eigenvalue weighted by molar-refractivity contribution is 0.133. The highest BCUT2D eigenvalue weighted by atomic mass is 15.1. The van der Waals surface area contributed by atoms with Gasteiger partial charge in [-0.05, 0) is 45.2 Å². The second-order valence-electron chi connectivity index (χ2n) is 6.80. The molecular weight excluding hydrogens is 244 g/mol. The van der Waals surface area contributed by atoms with E-state index in [0.29, 0.717) is 6.04 Å². The van der Waals surface area contributed by atoms with Crippen molar-refractivity contribution in [2.24, 2.45) is 11.7 Å². The van der Waals surface area contributed by atoms with Crippen LogP contribution in [0.3, 0.4) is 0 Å². The van der Waals surface area contributed by atoms with Crippen LogP contribution in [0.15, 0.2) is 18.2 Å². The first kappa shape index (κ1) is 15.5. The summed E-state index contributed by atoms with van der Waals surface area (Å²) in [5.41, 5.74) is 10.3. The second-order valence-corrected chi connectivity index (χ2v) is 6.80. The van der Waals surface area contributed by atoms with Crippen molar-refractivity contribution in [3.8, 4) is 0 Å². The molecule has 1 aromatic rings. The molecule has 0 amide bonds. The Labute approximate surface area is 124 Å². The molecule has 0 saturated heterocycles. The van der Waals surface area contributed by atoms with Crippen LogP contribution in [0.1, 0.15) is 55.3 Å². The minimum atomic E-state index is 0.118. The molecule has 2 nitrogen and oxygen atoms in total. The molecule has 0 bridgehead atoms. The first-order valence-corrected chi connectivity index (χ1v) is 8.01. The van der Waals surface area contributed by atoms with Gasteiger partial charge in [0, 0.05) is 18.6 Å². The van der Waals surface area contributed by atoms with E-state index < -0.39 is 0 Å². The molecule has 112 valence electrons. The van der Waals surface area contributed by atoms with E-state index in [1.165, 1.54) is 42.4 Å². The van der Waals surface area contributed by atoms with Crippen molar-refractivity contribution in [1.29, 1.82) is 0 Å². The Kier molecular flexibility index (Phi) is 5.22. The molecule has 0 aromatic heterocycles. The van der Waals surface area contributed by atoms with E-state index in [-0.39, 0.29) is 6.04 Å². The van der Waals surface area contributed by atoms with Gasteiger partial charge in [0.05, 0.1) is 0 Å². The van der Waals surface area contributed by atoms with Crippen molar-refractivity contribution >= 4 is 0 Å². The van der Waals surface area contributed by atoms with Crippen LogP contribution in [0.2, 0.25) is 0 Å². The highest BCUT2D eigenvalue weighted by Crippen LogP contribution is 2.28. The van der Waals surface area contributed by atoms with Gasteiger partial charge >= 0.3 is 0 Å². The van der Waals surface area contributed by atoms with Gasteiger partial charge in [-0.15, -0.1) is 0 Å². The minimum Gasteiger partial charge on any atom is -0.323 e. The molecule has 20 heavy (non-hydrogen) atoms. The molecule has 0 spiro atoms. The summed E-state index contributed by atoms with van der Waals surface area (Å²) in [5, 5.41) is 0. The predicted molar refractivity (Wildman–Crippen MR) is 86.9 cm³/mol. The predicted octanol–water partition coefficient (Wildman–Crippen LogP) is 3.81. The van der Waals surface area contributed by atoms with Crippen LogP contribution in [0.25, 0.3) is 0 Å². The fourth-order valence-electron chi connectivity index (χ4n) is 3.73. The van der Waals surface area contributed by atoms with Crippen molar-refractivity contribution < 1.29 is 0 Å². The van der Waals surface area contributed by atoms with Crippen molar-refractivity contribution in [3.63, 3.8) is 0 Å². The van der Waals surface area contributed by atoms with Crippen LogP contribution in [0.4, 0.5) is 0 Å². The van der Waals surface area contributed by atoms with E-state index in [1.807, 2.05) is 0 Å². The first-order chi connectivity index (χ1) is 9.47. The number of benzene rings is 1. The summed E-state index contributed by atoms with van der Waals surface area (Å²) in [6.07, 6.45) is 5.47. The summed E-state index contributed by atoms with van der Waals surface area (Å²) in [4.78, 5) is 2.49. The second kappa shape index (κ2) is 6.73. The SMILES string of the molecule is Cc1cc(C)cc(C(N)CN(C)C2CCCCC2C)c1. The maximum Gasteiger partial charge on any atom is 0.0424 e. The molecular formula is C18H30N2. The van der Waals surface area contributed by atoms with E-state index in [1.54, 1.807) is 0 Å². The summed E-state index contributed by atoms with van der Waals surface area (Å²) in [7, 11) is 2.25. The Hall–Kier alpha value is -0.860. The minimum absolute atomic E-state index is 0.118. The van der Waals surface area contributed by atoms with Crippen molar-refractivity contribution in [2.45, 2.75) is 58.5 Å². The number of hydrogen-bond acceptors (Lipinski definition) is 2. The first-order valence-electron chi connectivity index (χ1n) is 8.01. The van der Waals surface area contributed by atoms with Crippen molar-refractivity contribution in [3.05, 3.63) is 34.9 Å². The summed E-state index contributed by atoms with van der Waals surface area (Å²) < 4.78 is 0. The zero-order valence-electron chi connectivity index (χ0n) is 13.5. The number of nitrogens with two attached hydrogens (primary N) is 1. The van der Waals surface area contributed by atoms with E-state index >= 15 is 0 Å². The normalized spacial score (nSPS) is 24.9. The van der Waals surface area contributed by atoms with Gasteiger partial charge in [0.15, 0.2) is 0 Å². The van der Waals surface area contributed by atoms with Crippen LogP contribution < -0.4 is 5.73 Å². The van der Waals surface area contributed by atoms with Crippen LogP contribution in [-0.4, -0.2) is 24.5 Å². The van der Waals surface area contributed by atoms with E-state index in [2.05, 4.69) is 50.9 Å². The molecule has 2 heteroatoms. The lowest BCUT2D eigenvalue weighted by Crippen LogP contribution is -2.42. The third-order valence-corrected chi connectivity index (χ3v) is 4.79. The average Bonchev–Trinajstić information content (AvgIpc) is 2.37. The molecule has 0 aliphatic heterocycles. The standard InChI is InChI=1S/C18H30N2/c1-13-9-14(2)11-16(10-13)17(19)12-20(4)18-8-6-5-7-15(18)3/h9-11,15,17-18H,5-8,12,19H2,1-4H3. The molecule has 2 rings (SSSR count). The van der Waals surface area contributed by atoms with Crippen LogP contribution in [0.5, 0.6) is 0 Å². The quantitative estimate of drug-likeness (QED) is 0.904. The monoisotopic (exact) mass is 274 g/mol. The largest absolute Gasteiger partial charge is 0.323 e. The molecule has 1 aliphatic carbocycles. The maximum atomic E-state index is 6.44. The molecule has 2 N–H and O–H groups in total. The van der Waals surface area contributed by atoms with Gasteiger partial charge < -0.3 is 10.6 Å². The third kappa shape index (κ3) is 3.83. The molecule has 3 atom stereocenters. The number of nitrogens with zero attached hydrogens (tertiary/aromatic N) is 1. The number of hydrogen-bond donors (Lipinski definition) is 1. The molecule has 1 aliphatic rings. The summed E-state index contributed by atoms with van der Waals surface area (Å²) in [5.74, 6) is 0.806. The van der Waals surface area contributed by atoms with Gasteiger partial charge in [0.1, 0.15) is 0 Å². The van der Waals surface area contributed by atoms with E-state index in [9.17, 15) is 0 Å². The van der Waals surface area contributed by atoms with Crippen LogP contribution >= 0.6 is 0 Å². The number of likely N-dealkylation sites (N-methyl/N-ethyl adjacent to an activating group) is 1. The third-order valence-electron chi connectivity index (χ3n) is 4.79. The zero-order chi connectivity index (χ0) is 14.7. The van der Waals surface area contributed by atoms with E-state index in [0.717, 1.165) is 12.5 Å². The Morgan fingerprint density at radius 3 is 2.35 bits per heavy atom. The lowest BCUT2D eigenvalue weighted by atomic mass is 9.85. The Bertz CT molecular complexity index is 421.